The molecule has 2 aromatic rings. The lowest BCUT2D eigenvalue weighted by molar-refractivity contribution is 0.237. The van der Waals surface area contributed by atoms with Gasteiger partial charge in [0.15, 0.2) is 0 Å². The van der Waals surface area contributed by atoms with Crippen molar-refractivity contribution in [3.8, 4) is 5.75 Å². The van der Waals surface area contributed by atoms with Crippen LogP contribution in [0.2, 0.25) is 0 Å². The van der Waals surface area contributed by atoms with Crippen molar-refractivity contribution in [3.63, 3.8) is 0 Å². The quantitative estimate of drug-likeness (QED) is 0.752. The number of carbonyl (C=O) groups excluding carboxylic acids is 1. The van der Waals surface area contributed by atoms with Crippen molar-refractivity contribution >= 4 is 16.8 Å². The molecule has 0 aliphatic rings. The summed E-state index contributed by atoms with van der Waals surface area (Å²) in [5.41, 5.74) is 1.99. The van der Waals surface area contributed by atoms with E-state index in [1.807, 2.05) is 31.2 Å². The topological polar surface area (TPSA) is 78.4 Å². The number of carbonyl (C=O) groups is 1. The zero-order valence-corrected chi connectivity index (χ0v) is 14.6. The van der Waals surface area contributed by atoms with Crippen molar-refractivity contribution in [2.75, 3.05) is 6.26 Å². The summed E-state index contributed by atoms with van der Waals surface area (Å²) < 4.78 is 11.3. The minimum absolute atomic E-state index is 0.0283. The number of benzene rings is 2. The van der Waals surface area contributed by atoms with Crippen LogP contribution in [0.25, 0.3) is 0 Å². The van der Waals surface area contributed by atoms with Crippen molar-refractivity contribution in [3.05, 3.63) is 59.7 Å². The van der Waals surface area contributed by atoms with Gasteiger partial charge in [0.2, 0.25) is 0 Å². The Labute approximate surface area is 144 Å². The number of aromatic hydroxyl groups is 1. The molecule has 0 spiro atoms. The summed E-state index contributed by atoms with van der Waals surface area (Å²) in [6, 6.07) is 14.0. The van der Waals surface area contributed by atoms with Crippen LogP contribution in [0.3, 0.4) is 0 Å². The van der Waals surface area contributed by atoms with Gasteiger partial charge in [-0.2, -0.15) is 0 Å². The first kappa shape index (κ1) is 18.0. The van der Waals surface area contributed by atoms with Gasteiger partial charge in [-0.3, -0.25) is 4.21 Å². The van der Waals surface area contributed by atoms with Gasteiger partial charge in [0.1, 0.15) is 5.75 Å². The number of amides is 2. The smallest absolute Gasteiger partial charge is 0.315 e. The molecule has 0 unspecified atom stereocenters. The van der Waals surface area contributed by atoms with Crippen LogP contribution >= 0.6 is 0 Å². The van der Waals surface area contributed by atoms with Crippen molar-refractivity contribution in [2.24, 2.45) is 0 Å². The molecule has 0 bridgehead atoms. The van der Waals surface area contributed by atoms with Crippen molar-refractivity contribution < 1.29 is 14.1 Å². The SMILES string of the molecule is C[C@@H](Cc1ccc(O)cc1)NC(=O)NCc1ccc([S@](C)=O)cc1. The van der Waals surface area contributed by atoms with Crippen LogP contribution in [0.1, 0.15) is 18.1 Å². The van der Waals surface area contributed by atoms with Crippen molar-refractivity contribution in [1.82, 2.24) is 10.6 Å². The van der Waals surface area contributed by atoms with E-state index in [2.05, 4.69) is 10.6 Å². The van der Waals surface area contributed by atoms with Gasteiger partial charge in [-0.1, -0.05) is 24.3 Å². The maximum atomic E-state index is 11.9. The summed E-state index contributed by atoms with van der Waals surface area (Å²) in [5, 5.41) is 15.0. The molecule has 2 rings (SSSR count). The van der Waals surface area contributed by atoms with Gasteiger partial charge < -0.3 is 15.7 Å². The van der Waals surface area contributed by atoms with Gasteiger partial charge in [0.05, 0.1) is 0 Å². The Morgan fingerprint density at radius 1 is 1.08 bits per heavy atom. The third-order valence-corrected chi connectivity index (χ3v) is 4.50. The second-order valence-electron chi connectivity index (χ2n) is 5.70. The Hall–Kier alpha value is -2.34. The molecule has 0 aromatic heterocycles. The summed E-state index contributed by atoms with van der Waals surface area (Å²) in [4.78, 5) is 12.7. The van der Waals surface area contributed by atoms with E-state index < -0.39 is 10.8 Å². The molecule has 24 heavy (non-hydrogen) atoms. The molecule has 2 amide bonds. The molecule has 5 nitrogen and oxygen atoms in total. The fraction of sp³-hybridized carbons (Fsp3) is 0.278. The molecule has 0 aliphatic carbocycles. The second-order valence-corrected chi connectivity index (χ2v) is 7.08. The standard InChI is InChI=1S/C18H22N2O3S/c1-13(11-14-3-7-16(21)8-4-14)20-18(22)19-12-15-5-9-17(10-6-15)24(2)23/h3-10,13,21H,11-12H2,1-2H3,(H2,19,20,22)/t13-,24-/m0/s1. The van der Waals surface area contributed by atoms with Gasteiger partial charge in [-0.15, -0.1) is 0 Å². The molecule has 6 heteroatoms. The lowest BCUT2D eigenvalue weighted by Crippen LogP contribution is -2.41. The highest BCUT2D eigenvalue weighted by atomic mass is 32.2. The van der Waals surface area contributed by atoms with Crippen LogP contribution in [0.15, 0.2) is 53.4 Å². The minimum Gasteiger partial charge on any atom is -0.508 e. The number of hydrogen-bond donors (Lipinski definition) is 3. The first-order valence-corrected chi connectivity index (χ1v) is 9.24. The minimum atomic E-state index is -0.994. The molecule has 3 N–H and O–H groups in total. The van der Waals surface area contributed by atoms with E-state index in [4.69, 9.17) is 0 Å². The Bertz CT molecular complexity index is 699. The van der Waals surface area contributed by atoms with Crippen molar-refractivity contribution in [1.29, 1.82) is 0 Å². The van der Waals surface area contributed by atoms with Crippen LogP contribution in [0.4, 0.5) is 4.79 Å². The summed E-state index contributed by atoms with van der Waals surface area (Å²) >= 11 is 0. The molecule has 0 saturated heterocycles. The second kappa shape index (κ2) is 8.49. The highest BCUT2D eigenvalue weighted by Gasteiger charge is 2.08. The number of urea groups is 1. The van der Waals surface area contributed by atoms with Crippen LogP contribution in [-0.4, -0.2) is 27.6 Å². The fourth-order valence-electron chi connectivity index (χ4n) is 2.29. The third-order valence-electron chi connectivity index (χ3n) is 3.56. The molecule has 2 aromatic carbocycles. The summed E-state index contributed by atoms with van der Waals surface area (Å²) in [6.07, 6.45) is 2.32. The molecule has 0 aliphatic heterocycles. The Morgan fingerprint density at radius 2 is 1.67 bits per heavy atom. The number of nitrogens with one attached hydrogen (secondary N) is 2. The highest BCUT2D eigenvalue weighted by molar-refractivity contribution is 7.84. The van der Waals surface area contributed by atoms with E-state index >= 15 is 0 Å². The predicted octanol–water partition coefficient (Wildman–Crippen LogP) is 2.56. The van der Waals surface area contributed by atoms with E-state index in [1.165, 1.54) is 0 Å². The normalized spacial score (nSPS) is 13.1. The fourth-order valence-corrected chi connectivity index (χ4v) is 2.81. The lowest BCUT2D eigenvalue weighted by atomic mass is 10.1. The van der Waals surface area contributed by atoms with Crippen LogP contribution in [-0.2, 0) is 23.8 Å². The summed E-state index contributed by atoms with van der Waals surface area (Å²) in [7, 11) is -0.994. The first-order chi connectivity index (χ1) is 11.4. The summed E-state index contributed by atoms with van der Waals surface area (Å²) in [6.45, 7) is 2.34. The highest BCUT2D eigenvalue weighted by Crippen LogP contribution is 2.11. The molecule has 0 saturated carbocycles. The zero-order valence-electron chi connectivity index (χ0n) is 13.8. The molecular weight excluding hydrogens is 324 g/mol. The number of rotatable bonds is 6. The molecule has 0 heterocycles. The number of phenolic OH excluding ortho intramolecular Hbond substituents is 1. The van der Waals surface area contributed by atoms with E-state index in [-0.39, 0.29) is 17.8 Å². The molecule has 0 fully saturated rings. The van der Waals surface area contributed by atoms with Gasteiger partial charge in [0, 0.05) is 34.5 Å². The predicted molar refractivity (Wildman–Crippen MR) is 95.4 cm³/mol. The first-order valence-electron chi connectivity index (χ1n) is 7.68. The van der Waals surface area contributed by atoms with Crippen LogP contribution < -0.4 is 10.6 Å². The van der Waals surface area contributed by atoms with Gasteiger partial charge >= 0.3 is 6.03 Å². The third kappa shape index (κ3) is 5.70. The van der Waals surface area contributed by atoms with E-state index in [1.54, 1.807) is 30.5 Å². The van der Waals surface area contributed by atoms with E-state index in [0.29, 0.717) is 13.0 Å². The maximum absolute atomic E-state index is 11.9. The monoisotopic (exact) mass is 346 g/mol. The number of hydrogen-bond acceptors (Lipinski definition) is 3. The Morgan fingerprint density at radius 3 is 2.25 bits per heavy atom. The maximum Gasteiger partial charge on any atom is 0.315 e. The van der Waals surface area contributed by atoms with Gasteiger partial charge in [-0.05, 0) is 48.7 Å². The van der Waals surface area contributed by atoms with E-state index in [0.717, 1.165) is 16.0 Å². The van der Waals surface area contributed by atoms with Gasteiger partial charge in [-0.25, -0.2) is 4.79 Å². The largest absolute Gasteiger partial charge is 0.508 e. The Balaban J connectivity index is 1.77. The average Bonchev–Trinajstić information content (AvgIpc) is 2.55. The van der Waals surface area contributed by atoms with Crippen LogP contribution in [0.5, 0.6) is 5.75 Å². The van der Waals surface area contributed by atoms with E-state index in [9.17, 15) is 14.1 Å². The number of phenols is 1. The lowest BCUT2D eigenvalue weighted by Gasteiger charge is -2.15. The van der Waals surface area contributed by atoms with Crippen LogP contribution in [0, 0.1) is 0 Å². The van der Waals surface area contributed by atoms with Gasteiger partial charge in [0.25, 0.3) is 0 Å². The zero-order chi connectivity index (χ0) is 17.5. The Kier molecular flexibility index (Phi) is 6.37. The molecular formula is C18H22N2O3S. The molecule has 128 valence electrons. The average molecular weight is 346 g/mol. The molecule has 2 atom stereocenters. The summed E-state index contributed by atoms with van der Waals surface area (Å²) in [5.74, 6) is 0.232. The van der Waals surface area contributed by atoms with Crippen molar-refractivity contribution in [2.45, 2.75) is 30.8 Å². The molecule has 0 radical (unpaired) electrons.